The Morgan fingerprint density at radius 1 is 1.40 bits per heavy atom. The third-order valence-electron chi connectivity index (χ3n) is 2.17. The lowest BCUT2D eigenvalue weighted by Crippen LogP contribution is -1.93. The number of H-pyrrole nitrogens is 1. The van der Waals surface area contributed by atoms with Gasteiger partial charge in [-0.25, -0.2) is 0 Å². The van der Waals surface area contributed by atoms with Crippen molar-refractivity contribution in [2.24, 2.45) is 0 Å². The van der Waals surface area contributed by atoms with Crippen molar-refractivity contribution in [2.45, 2.75) is 10.7 Å². The minimum Gasteiger partial charge on any atom is -0.360 e. The summed E-state index contributed by atoms with van der Waals surface area (Å²) in [5, 5.41) is 24.8. The zero-order valence-corrected chi connectivity index (χ0v) is 10.7. The van der Waals surface area contributed by atoms with Gasteiger partial charge in [-0.05, 0) is 29.5 Å². The van der Waals surface area contributed by atoms with Gasteiger partial charge in [0.2, 0.25) is 5.82 Å². The summed E-state index contributed by atoms with van der Waals surface area (Å²) in [6.07, 6.45) is 1.42. The molecule has 1 heterocycles. The maximum absolute atomic E-state index is 12.2. The summed E-state index contributed by atoms with van der Waals surface area (Å²) in [4.78, 5) is 0.466. The summed E-state index contributed by atoms with van der Waals surface area (Å²) >= 11 is 0.473. The third kappa shape index (κ3) is 3.76. The van der Waals surface area contributed by atoms with Crippen molar-refractivity contribution < 1.29 is 8.78 Å². The number of rotatable bonds is 5. The Labute approximate surface area is 116 Å². The predicted molar refractivity (Wildman–Crippen MR) is 69.7 cm³/mol. The van der Waals surface area contributed by atoms with Crippen LogP contribution in [0.15, 0.2) is 35.4 Å². The van der Waals surface area contributed by atoms with E-state index in [0.717, 1.165) is 0 Å². The van der Waals surface area contributed by atoms with Crippen LogP contribution in [0.2, 0.25) is 0 Å². The van der Waals surface area contributed by atoms with E-state index < -0.39 is 5.76 Å². The molecule has 2 rings (SSSR count). The Balaban J connectivity index is 2.05. The number of halogens is 2. The van der Waals surface area contributed by atoms with E-state index in [-0.39, 0.29) is 11.4 Å². The van der Waals surface area contributed by atoms with E-state index in [1.807, 2.05) is 6.07 Å². The van der Waals surface area contributed by atoms with Gasteiger partial charge in [0.1, 0.15) is 11.6 Å². The molecule has 20 heavy (non-hydrogen) atoms. The fraction of sp³-hybridized carbons (Fsp3) is 0.0909. The van der Waals surface area contributed by atoms with Crippen molar-refractivity contribution in [3.8, 4) is 6.07 Å². The van der Waals surface area contributed by atoms with Crippen LogP contribution in [0.3, 0.4) is 0 Å². The molecule has 0 aliphatic rings. The first-order valence-corrected chi connectivity index (χ1v) is 6.22. The van der Waals surface area contributed by atoms with Gasteiger partial charge in [-0.3, -0.25) is 0 Å². The molecule has 0 unspecified atom stereocenters. The fourth-order valence-corrected chi connectivity index (χ4v) is 1.81. The zero-order chi connectivity index (χ0) is 14.4. The van der Waals surface area contributed by atoms with Crippen LogP contribution in [0.25, 0.3) is 5.57 Å². The van der Waals surface area contributed by atoms with Crippen LogP contribution in [-0.4, -0.2) is 26.4 Å². The number of benzene rings is 1. The molecule has 9 heteroatoms. The number of aromatic amines is 1. The molecule has 0 aliphatic carbocycles. The summed E-state index contributed by atoms with van der Waals surface area (Å²) in [7, 11) is 0. The number of tetrazole rings is 1. The van der Waals surface area contributed by atoms with Gasteiger partial charge < -0.3 is 5.32 Å². The molecule has 2 aromatic rings. The Kier molecular flexibility index (Phi) is 4.62. The highest BCUT2D eigenvalue weighted by Crippen LogP contribution is 2.26. The van der Waals surface area contributed by atoms with E-state index in [1.54, 1.807) is 24.3 Å². The summed E-state index contributed by atoms with van der Waals surface area (Å²) in [6.45, 7) is 0. The smallest absolute Gasteiger partial charge is 0.288 e. The van der Waals surface area contributed by atoms with E-state index in [4.69, 9.17) is 5.26 Å². The van der Waals surface area contributed by atoms with Gasteiger partial charge in [0, 0.05) is 16.8 Å². The van der Waals surface area contributed by atoms with E-state index in [2.05, 4.69) is 25.9 Å². The Bertz CT molecular complexity index is 617. The molecule has 0 spiro atoms. The number of aromatic nitrogens is 4. The zero-order valence-electron chi connectivity index (χ0n) is 9.92. The molecular weight excluding hydrogens is 286 g/mol. The van der Waals surface area contributed by atoms with Crippen LogP contribution in [0.4, 0.5) is 14.5 Å². The van der Waals surface area contributed by atoms with Gasteiger partial charge in [-0.2, -0.15) is 19.3 Å². The molecule has 6 nitrogen and oxygen atoms in total. The monoisotopic (exact) mass is 294 g/mol. The highest BCUT2D eigenvalue weighted by Gasteiger charge is 2.06. The summed E-state index contributed by atoms with van der Waals surface area (Å²) in [5.41, 5.74) is 0.852. The lowest BCUT2D eigenvalue weighted by Gasteiger charge is -2.03. The molecule has 1 aromatic heterocycles. The molecule has 0 atom stereocenters. The summed E-state index contributed by atoms with van der Waals surface area (Å²) in [6, 6.07) is 8.31. The largest absolute Gasteiger partial charge is 0.360 e. The molecule has 2 N–H and O–H groups in total. The third-order valence-corrected chi connectivity index (χ3v) is 2.89. The Morgan fingerprint density at radius 3 is 2.70 bits per heavy atom. The van der Waals surface area contributed by atoms with E-state index in [9.17, 15) is 8.78 Å². The van der Waals surface area contributed by atoms with E-state index in [1.165, 1.54) is 6.20 Å². The molecule has 0 saturated heterocycles. The molecule has 0 bridgehead atoms. The number of alkyl halides is 2. The lowest BCUT2D eigenvalue weighted by molar-refractivity contribution is 0.252. The number of hydrogen-bond acceptors (Lipinski definition) is 6. The number of nitrogens with one attached hydrogen (secondary N) is 2. The first-order chi connectivity index (χ1) is 9.69. The van der Waals surface area contributed by atoms with Crippen molar-refractivity contribution in [2.75, 3.05) is 5.32 Å². The molecule has 0 aliphatic heterocycles. The number of nitrogens with zero attached hydrogens (tertiary/aromatic N) is 4. The topological polar surface area (TPSA) is 90.3 Å². The molecule has 1 aromatic carbocycles. The normalized spacial score (nSPS) is 11.4. The van der Waals surface area contributed by atoms with Gasteiger partial charge >= 0.3 is 0 Å². The van der Waals surface area contributed by atoms with Gasteiger partial charge in [-0.1, -0.05) is 11.8 Å². The van der Waals surface area contributed by atoms with Crippen molar-refractivity contribution >= 4 is 23.0 Å². The highest BCUT2D eigenvalue weighted by atomic mass is 32.2. The average molecular weight is 294 g/mol. The Hall–Kier alpha value is -2.47. The van der Waals surface area contributed by atoms with Crippen LogP contribution in [0, 0.1) is 11.3 Å². The highest BCUT2D eigenvalue weighted by molar-refractivity contribution is 7.99. The number of allylic oxidation sites excluding steroid dienone is 1. The first-order valence-electron chi connectivity index (χ1n) is 5.34. The quantitative estimate of drug-likeness (QED) is 0.650. The van der Waals surface area contributed by atoms with Crippen LogP contribution < -0.4 is 5.32 Å². The first kappa shape index (κ1) is 14.0. The Morgan fingerprint density at radius 2 is 2.15 bits per heavy atom. The number of anilines is 1. The van der Waals surface area contributed by atoms with Crippen LogP contribution in [-0.2, 0) is 0 Å². The number of thioether (sulfide) groups is 1. The summed E-state index contributed by atoms with van der Waals surface area (Å²) < 4.78 is 24.3. The minimum absolute atomic E-state index is 0.171. The molecule has 0 fully saturated rings. The lowest BCUT2D eigenvalue weighted by atomic mass is 10.3. The maximum atomic E-state index is 12.2. The molecule has 0 radical (unpaired) electrons. The number of nitriles is 1. The van der Waals surface area contributed by atoms with Crippen LogP contribution in [0.1, 0.15) is 5.82 Å². The van der Waals surface area contributed by atoms with Gasteiger partial charge in [-0.15, -0.1) is 10.2 Å². The second-order valence-electron chi connectivity index (χ2n) is 3.45. The summed E-state index contributed by atoms with van der Waals surface area (Å²) in [5.74, 6) is -2.28. The fourth-order valence-electron chi connectivity index (χ4n) is 1.31. The SMILES string of the molecule is N#CC(=CNc1ccc(SC(F)F)cc1)c1nn[nH]n1. The van der Waals surface area contributed by atoms with Crippen molar-refractivity contribution in [3.63, 3.8) is 0 Å². The maximum Gasteiger partial charge on any atom is 0.288 e. The van der Waals surface area contributed by atoms with Crippen LogP contribution in [0.5, 0.6) is 0 Å². The van der Waals surface area contributed by atoms with Crippen LogP contribution >= 0.6 is 11.8 Å². The second-order valence-corrected chi connectivity index (χ2v) is 4.52. The number of hydrogen-bond donors (Lipinski definition) is 2. The van der Waals surface area contributed by atoms with E-state index in [0.29, 0.717) is 22.3 Å². The van der Waals surface area contributed by atoms with Gasteiger partial charge in [0.25, 0.3) is 5.76 Å². The van der Waals surface area contributed by atoms with Gasteiger partial charge in [0.05, 0.1) is 0 Å². The molecule has 0 amide bonds. The minimum atomic E-state index is -2.45. The van der Waals surface area contributed by atoms with Gasteiger partial charge in [0.15, 0.2) is 0 Å². The molecular formula is C11H8F2N6S. The molecule has 102 valence electrons. The van der Waals surface area contributed by atoms with E-state index >= 15 is 0 Å². The van der Waals surface area contributed by atoms with Crippen molar-refractivity contribution in [1.29, 1.82) is 5.26 Å². The van der Waals surface area contributed by atoms with Crippen molar-refractivity contribution in [1.82, 2.24) is 20.6 Å². The predicted octanol–water partition coefficient (Wildman–Crippen LogP) is 2.49. The standard InChI is InChI=1S/C11H8F2N6S/c12-11(13)20-9-3-1-8(2-4-9)15-6-7(5-14)10-16-18-19-17-10/h1-4,6,11,15H,(H,16,17,18,19). The second kappa shape index (κ2) is 6.63. The van der Waals surface area contributed by atoms with Crippen molar-refractivity contribution in [3.05, 3.63) is 36.3 Å². The average Bonchev–Trinajstić information content (AvgIpc) is 2.95. The molecule has 0 saturated carbocycles.